The lowest BCUT2D eigenvalue weighted by Gasteiger charge is -2.29. The maximum Gasteiger partial charge on any atom is 0.295 e. The summed E-state index contributed by atoms with van der Waals surface area (Å²) < 4.78 is 22.7. The number of amides is 1. The summed E-state index contributed by atoms with van der Waals surface area (Å²) in [6.45, 7) is 9.55. The van der Waals surface area contributed by atoms with Crippen molar-refractivity contribution in [3.63, 3.8) is 0 Å². The summed E-state index contributed by atoms with van der Waals surface area (Å²) in [5.41, 5.74) is 1.17. The number of ketones is 1. The molecular formula is C33H44N2O7. The largest absolute Gasteiger partial charge is 0.507 e. The van der Waals surface area contributed by atoms with Crippen molar-refractivity contribution < 1.29 is 33.6 Å². The Morgan fingerprint density at radius 1 is 0.905 bits per heavy atom. The van der Waals surface area contributed by atoms with Gasteiger partial charge in [0.15, 0.2) is 11.5 Å². The van der Waals surface area contributed by atoms with Crippen LogP contribution in [-0.4, -0.2) is 86.3 Å². The van der Waals surface area contributed by atoms with Crippen molar-refractivity contribution >= 4 is 17.4 Å². The summed E-state index contributed by atoms with van der Waals surface area (Å²) in [4.78, 5) is 30.8. The molecule has 4 rings (SSSR count). The van der Waals surface area contributed by atoms with Crippen molar-refractivity contribution in [1.82, 2.24) is 9.80 Å². The van der Waals surface area contributed by atoms with Crippen molar-refractivity contribution in [2.24, 2.45) is 0 Å². The van der Waals surface area contributed by atoms with Crippen molar-refractivity contribution in [3.8, 4) is 17.2 Å². The molecular weight excluding hydrogens is 536 g/mol. The summed E-state index contributed by atoms with van der Waals surface area (Å²) >= 11 is 0. The normalized spacial score (nSPS) is 18.8. The minimum atomic E-state index is -0.770. The lowest BCUT2D eigenvalue weighted by atomic mass is 9.95. The van der Waals surface area contributed by atoms with E-state index in [1.165, 1.54) is 0 Å². The zero-order valence-electron chi connectivity index (χ0n) is 25.1. The zero-order valence-corrected chi connectivity index (χ0v) is 25.1. The first-order chi connectivity index (χ1) is 20.5. The molecule has 2 aliphatic heterocycles. The van der Waals surface area contributed by atoms with Crippen LogP contribution in [0.1, 0.15) is 63.1 Å². The molecule has 0 bridgehead atoms. The van der Waals surface area contributed by atoms with Crippen LogP contribution in [0.2, 0.25) is 0 Å². The number of methoxy groups -OCH3 is 1. The molecule has 2 aromatic carbocycles. The molecule has 0 aromatic heterocycles. The number of hydrogen-bond donors (Lipinski definition) is 1. The molecule has 2 fully saturated rings. The van der Waals surface area contributed by atoms with Crippen LogP contribution in [0.5, 0.6) is 17.2 Å². The Bertz CT molecular complexity index is 1220. The van der Waals surface area contributed by atoms with Crippen LogP contribution in [0, 0.1) is 0 Å². The molecule has 42 heavy (non-hydrogen) atoms. The average Bonchev–Trinajstić information content (AvgIpc) is 3.27. The fraction of sp³-hybridized carbons (Fsp3) is 0.515. The summed E-state index contributed by atoms with van der Waals surface area (Å²) in [5, 5.41) is 11.5. The fourth-order valence-electron chi connectivity index (χ4n) is 5.34. The van der Waals surface area contributed by atoms with Crippen molar-refractivity contribution in [2.45, 2.75) is 52.0 Å². The number of morpholine rings is 1. The summed E-state index contributed by atoms with van der Waals surface area (Å²) in [7, 11) is 1.57. The molecule has 2 saturated heterocycles. The topological polar surface area (TPSA) is 97.8 Å². The number of Topliss-reactive ketones (excluding diaryl/α,β-unsaturated/α-hetero) is 1. The number of likely N-dealkylation sites (tertiary alicyclic amines) is 1. The molecule has 1 atom stereocenters. The number of carbonyl (C=O) groups is 2. The Hall–Kier alpha value is -3.56. The lowest BCUT2D eigenvalue weighted by Crippen LogP contribution is -2.39. The Morgan fingerprint density at radius 2 is 1.67 bits per heavy atom. The van der Waals surface area contributed by atoms with E-state index in [4.69, 9.17) is 18.9 Å². The molecule has 0 aliphatic carbocycles. The zero-order chi connectivity index (χ0) is 29.9. The van der Waals surface area contributed by atoms with E-state index in [0.29, 0.717) is 67.8 Å². The van der Waals surface area contributed by atoms with E-state index in [-0.39, 0.29) is 11.3 Å². The molecule has 2 heterocycles. The van der Waals surface area contributed by atoms with Gasteiger partial charge in [-0.1, -0.05) is 32.8 Å². The van der Waals surface area contributed by atoms with Gasteiger partial charge in [0, 0.05) is 31.7 Å². The van der Waals surface area contributed by atoms with E-state index in [0.717, 1.165) is 45.3 Å². The highest BCUT2D eigenvalue weighted by molar-refractivity contribution is 6.46. The molecule has 2 aromatic rings. The average molecular weight is 581 g/mol. The number of unbranched alkanes of at least 4 members (excludes halogenated alkanes) is 2. The number of carbonyl (C=O) groups excluding carboxylic acids is 2. The van der Waals surface area contributed by atoms with Gasteiger partial charge in [-0.25, -0.2) is 0 Å². The summed E-state index contributed by atoms with van der Waals surface area (Å²) in [6, 6.07) is 11.6. The second kappa shape index (κ2) is 15.6. The molecule has 1 unspecified atom stereocenters. The standard InChI is InChI=1S/C33H44N2O7/c1-4-6-7-20-42-27-14-11-25(23-28(27)39-3)30-29(31(36)24-9-12-26(13-10-24)41-19-5-2)32(37)33(38)35(30)16-8-15-34-17-21-40-22-18-34/h9-14,23,30,36H,4-8,15-22H2,1-3H3. The van der Waals surface area contributed by atoms with Crippen molar-refractivity contribution in [3.05, 3.63) is 59.2 Å². The number of ether oxygens (including phenoxy) is 4. The van der Waals surface area contributed by atoms with Gasteiger partial charge in [0.05, 0.1) is 45.2 Å². The first-order valence-corrected chi connectivity index (χ1v) is 15.1. The van der Waals surface area contributed by atoms with Gasteiger partial charge in [-0.15, -0.1) is 0 Å². The van der Waals surface area contributed by atoms with E-state index >= 15 is 0 Å². The molecule has 228 valence electrons. The third-order valence-electron chi connectivity index (χ3n) is 7.63. The van der Waals surface area contributed by atoms with Gasteiger partial charge in [-0.3, -0.25) is 14.5 Å². The first-order valence-electron chi connectivity index (χ1n) is 15.1. The number of aliphatic hydroxyl groups excluding tert-OH is 1. The van der Waals surface area contributed by atoms with Crippen LogP contribution in [0.25, 0.3) is 5.76 Å². The predicted octanol–water partition coefficient (Wildman–Crippen LogP) is 5.20. The number of rotatable bonds is 15. The Balaban J connectivity index is 1.66. The van der Waals surface area contributed by atoms with Crippen LogP contribution in [0.15, 0.2) is 48.0 Å². The minimum absolute atomic E-state index is 0.0623. The van der Waals surface area contributed by atoms with E-state index in [1.807, 2.05) is 19.1 Å². The monoisotopic (exact) mass is 580 g/mol. The number of nitrogens with zero attached hydrogens (tertiary/aromatic N) is 2. The maximum atomic E-state index is 13.5. The lowest BCUT2D eigenvalue weighted by molar-refractivity contribution is -0.140. The number of benzene rings is 2. The quantitative estimate of drug-likeness (QED) is 0.133. The van der Waals surface area contributed by atoms with Gasteiger partial charge in [0.25, 0.3) is 11.7 Å². The van der Waals surface area contributed by atoms with Gasteiger partial charge >= 0.3 is 0 Å². The van der Waals surface area contributed by atoms with E-state index in [2.05, 4.69) is 11.8 Å². The molecule has 9 nitrogen and oxygen atoms in total. The number of aliphatic hydroxyl groups is 1. The third-order valence-corrected chi connectivity index (χ3v) is 7.63. The van der Waals surface area contributed by atoms with Crippen LogP contribution >= 0.6 is 0 Å². The van der Waals surface area contributed by atoms with E-state index in [9.17, 15) is 14.7 Å². The van der Waals surface area contributed by atoms with Crippen LogP contribution in [-0.2, 0) is 14.3 Å². The molecule has 0 radical (unpaired) electrons. The molecule has 2 aliphatic rings. The van der Waals surface area contributed by atoms with Gasteiger partial charge in [0.2, 0.25) is 0 Å². The van der Waals surface area contributed by atoms with Crippen LogP contribution < -0.4 is 14.2 Å². The fourth-order valence-corrected chi connectivity index (χ4v) is 5.34. The molecule has 0 spiro atoms. The molecule has 0 saturated carbocycles. The van der Waals surface area contributed by atoms with Crippen LogP contribution in [0.3, 0.4) is 0 Å². The highest BCUT2D eigenvalue weighted by atomic mass is 16.5. The van der Waals surface area contributed by atoms with Crippen molar-refractivity contribution in [1.29, 1.82) is 0 Å². The highest BCUT2D eigenvalue weighted by Crippen LogP contribution is 2.42. The summed E-state index contributed by atoms with van der Waals surface area (Å²) in [6.07, 6.45) is 4.67. The first kappa shape index (κ1) is 31.4. The Morgan fingerprint density at radius 3 is 2.36 bits per heavy atom. The van der Waals surface area contributed by atoms with Gasteiger partial charge < -0.3 is 29.0 Å². The molecule has 9 heteroatoms. The second-order valence-electron chi connectivity index (χ2n) is 10.6. The van der Waals surface area contributed by atoms with E-state index in [1.54, 1.807) is 42.3 Å². The molecule has 1 amide bonds. The van der Waals surface area contributed by atoms with Gasteiger partial charge in [0.1, 0.15) is 11.5 Å². The smallest absolute Gasteiger partial charge is 0.295 e. The predicted molar refractivity (Wildman–Crippen MR) is 161 cm³/mol. The van der Waals surface area contributed by atoms with Gasteiger partial charge in [-0.05, 0) is 61.2 Å². The maximum absolute atomic E-state index is 13.5. The van der Waals surface area contributed by atoms with E-state index < -0.39 is 17.7 Å². The Labute approximate surface area is 249 Å². The van der Waals surface area contributed by atoms with Gasteiger partial charge in [-0.2, -0.15) is 0 Å². The minimum Gasteiger partial charge on any atom is -0.507 e. The third kappa shape index (κ3) is 7.63. The number of hydrogen-bond acceptors (Lipinski definition) is 8. The van der Waals surface area contributed by atoms with Crippen LogP contribution in [0.4, 0.5) is 0 Å². The highest BCUT2D eigenvalue weighted by Gasteiger charge is 2.46. The summed E-state index contributed by atoms with van der Waals surface area (Å²) in [5.74, 6) is 0.256. The second-order valence-corrected chi connectivity index (χ2v) is 10.6. The molecule has 1 N–H and O–H groups in total. The Kier molecular flexibility index (Phi) is 11.7. The SMILES string of the molecule is CCCCCOc1ccc(C2C(=C(O)c3ccc(OCCC)cc3)C(=O)C(=O)N2CCCN2CCOCC2)cc1OC. The van der Waals surface area contributed by atoms with Crippen molar-refractivity contribution in [2.75, 3.05) is 59.7 Å².